The minimum Gasteiger partial charge on any atom is -0.382 e. The fourth-order valence-electron chi connectivity index (χ4n) is 4.33. The van der Waals surface area contributed by atoms with E-state index in [1.807, 2.05) is 18.2 Å². The molecular formula is C20H18F3N5O2. The molecule has 2 saturated heterocycles. The third-order valence-corrected chi connectivity index (χ3v) is 5.67. The van der Waals surface area contributed by atoms with E-state index >= 15 is 0 Å². The highest BCUT2D eigenvalue weighted by Crippen LogP contribution is 2.42. The number of hydrogen-bond acceptors (Lipinski definition) is 7. The lowest BCUT2D eigenvalue weighted by Gasteiger charge is -2.37. The minimum absolute atomic E-state index is 0.187. The number of rotatable bonds is 4. The van der Waals surface area contributed by atoms with Crippen molar-refractivity contribution < 1.29 is 22.8 Å². The van der Waals surface area contributed by atoms with Crippen molar-refractivity contribution in [3.05, 3.63) is 60.1 Å². The van der Waals surface area contributed by atoms with Crippen LogP contribution in [0.25, 0.3) is 0 Å². The van der Waals surface area contributed by atoms with Gasteiger partial charge in [0, 0.05) is 30.9 Å². The van der Waals surface area contributed by atoms with Gasteiger partial charge in [-0.2, -0.15) is 13.2 Å². The molecule has 2 bridgehead atoms. The van der Waals surface area contributed by atoms with Crippen LogP contribution in [-0.2, 0) is 4.84 Å². The number of benzene rings is 1. The molecule has 3 aliphatic heterocycles. The smallest absolute Gasteiger partial charge is 0.382 e. The Kier molecular flexibility index (Phi) is 4.31. The van der Waals surface area contributed by atoms with Gasteiger partial charge in [-0.15, -0.1) is 0 Å². The van der Waals surface area contributed by atoms with Crippen LogP contribution in [0.15, 0.2) is 54.6 Å². The summed E-state index contributed by atoms with van der Waals surface area (Å²) in [6.45, 7) is 1.48. The molecule has 2 fully saturated rings. The van der Waals surface area contributed by atoms with E-state index in [1.165, 1.54) is 0 Å². The molecule has 1 aromatic heterocycles. The number of hydrazine groups is 1. The Bertz CT molecular complexity index is 998. The second kappa shape index (κ2) is 6.91. The van der Waals surface area contributed by atoms with Gasteiger partial charge in [-0.3, -0.25) is 4.79 Å². The number of carbonyl (C=O) groups excluding carboxylic acids is 1. The molecule has 2 atom stereocenters. The molecule has 156 valence electrons. The summed E-state index contributed by atoms with van der Waals surface area (Å²) in [5.74, 6) is -0.220. The Labute approximate surface area is 170 Å². The molecule has 10 heteroatoms. The number of aldehydes is 1. The first-order valence-corrected chi connectivity index (χ1v) is 9.48. The molecule has 0 amide bonds. The summed E-state index contributed by atoms with van der Waals surface area (Å²) < 4.78 is 39.0. The average molecular weight is 417 g/mol. The number of allylic oxidation sites excluding steroid dienone is 1. The number of hydrogen-bond donors (Lipinski definition) is 1. The molecule has 5 rings (SSSR count). The van der Waals surface area contributed by atoms with Gasteiger partial charge in [0.1, 0.15) is 12.1 Å². The number of nitrogens with zero attached hydrogens (tertiary/aromatic N) is 4. The normalized spacial score (nSPS) is 23.0. The van der Waals surface area contributed by atoms with E-state index in [1.54, 1.807) is 24.4 Å². The van der Waals surface area contributed by atoms with E-state index in [0.717, 1.165) is 35.7 Å². The topological polar surface area (TPSA) is 60.9 Å². The van der Waals surface area contributed by atoms with Crippen LogP contribution in [0.2, 0.25) is 0 Å². The van der Waals surface area contributed by atoms with E-state index in [2.05, 4.69) is 25.2 Å². The molecule has 4 heterocycles. The quantitative estimate of drug-likeness (QED) is 0.768. The van der Waals surface area contributed by atoms with Crippen molar-refractivity contribution in [2.24, 2.45) is 0 Å². The van der Waals surface area contributed by atoms with Crippen LogP contribution < -0.4 is 20.4 Å². The maximum absolute atomic E-state index is 13.0. The van der Waals surface area contributed by atoms with Crippen LogP contribution in [0.1, 0.15) is 16.8 Å². The summed E-state index contributed by atoms with van der Waals surface area (Å²) in [6.07, 6.45) is -0.405. The Hall–Kier alpha value is -3.27. The monoisotopic (exact) mass is 417 g/mol. The van der Waals surface area contributed by atoms with Crippen LogP contribution in [-0.4, -0.2) is 42.6 Å². The lowest BCUT2D eigenvalue weighted by Crippen LogP contribution is -2.47. The number of fused-ring (bicyclic) bond motifs is 2. The van der Waals surface area contributed by atoms with Crippen molar-refractivity contribution in [3.8, 4) is 0 Å². The van der Waals surface area contributed by atoms with Crippen LogP contribution >= 0.6 is 0 Å². The Balaban J connectivity index is 1.44. The number of aromatic nitrogens is 1. The molecular weight excluding hydrogens is 399 g/mol. The lowest BCUT2D eigenvalue weighted by atomic mass is 10.1. The summed E-state index contributed by atoms with van der Waals surface area (Å²) in [5.41, 5.74) is 3.81. The first-order valence-electron chi connectivity index (χ1n) is 9.48. The molecule has 0 radical (unpaired) electrons. The Morgan fingerprint density at radius 3 is 2.53 bits per heavy atom. The standard InChI is InChI=1S/C20H18F3N5O2/c21-20(22,23)18-11-28(25-30-18)17-7-13(12-29)4-5-16(17)26-9-15-8-14(26)10-27(15)19-3-1-2-6-24-19/h1-7,11-12,14-15,25H,8-10H2/t14-,15-/m0/s1. The SMILES string of the molecule is O=Cc1ccc(N2C[C@@H]3C[C@H]2CN3c2ccccn2)c(N2C=C(C(F)(F)F)ON2)c1. The molecule has 0 saturated carbocycles. The highest BCUT2D eigenvalue weighted by Gasteiger charge is 2.45. The van der Waals surface area contributed by atoms with Gasteiger partial charge < -0.3 is 14.6 Å². The molecule has 0 spiro atoms. The zero-order valence-electron chi connectivity index (χ0n) is 15.7. The second-order valence-corrected chi connectivity index (χ2v) is 7.46. The van der Waals surface area contributed by atoms with Crippen LogP contribution in [0.4, 0.5) is 30.4 Å². The number of halogens is 3. The maximum atomic E-state index is 13.0. The molecule has 1 N–H and O–H groups in total. The molecule has 3 aliphatic rings. The largest absolute Gasteiger partial charge is 0.453 e. The molecule has 0 unspecified atom stereocenters. The third-order valence-electron chi connectivity index (χ3n) is 5.67. The maximum Gasteiger partial charge on any atom is 0.453 e. The number of carbonyl (C=O) groups is 1. The first-order chi connectivity index (χ1) is 14.4. The average Bonchev–Trinajstić information content (AvgIpc) is 3.49. The van der Waals surface area contributed by atoms with E-state index in [4.69, 9.17) is 0 Å². The highest BCUT2D eigenvalue weighted by atomic mass is 19.4. The van der Waals surface area contributed by atoms with Gasteiger partial charge in [0.2, 0.25) is 5.76 Å². The summed E-state index contributed by atoms with van der Waals surface area (Å²) in [5, 5.41) is 1.16. The van der Waals surface area contributed by atoms with E-state index in [-0.39, 0.29) is 12.1 Å². The fraction of sp³-hybridized carbons (Fsp3) is 0.300. The number of anilines is 3. The van der Waals surface area contributed by atoms with Crippen molar-refractivity contribution in [3.63, 3.8) is 0 Å². The zero-order valence-corrected chi connectivity index (χ0v) is 15.7. The van der Waals surface area contributed by atoms with Crippen molar-refractivity contribution in [1.82, 2.24) is 10.6 Å². The van der Waals surface area contributed by atoms with E-state index < -0.39 is 11.9 Å². The van der Waals surface area contributed by atoms with E-state index in [0.29, 0.717) is 24.1 Å². The lowest BCUT2D eigenvalue weighted by molar-refractivity contribution is -0.136. The molecule has 7 nitrogen and oxygen atoms in total. The Morgan fingerprint density at radius 1 is 1.10 bits per heavy atom. The predicted molar refractivity (Wildman–Crippen MR) is 104 cm³/mol. The van der Waals surface area contributed by atoms with Crippen LogP contribution in [0.5, 0.6) is 0 Å². The van der Waals surface area contributed by atoms with Gasteiger partial charge in [-0.1, -0.05) is 11.7 Å². The molecule has 30 heavy (non-hydrogen) atoms. The molecule has 2 aromatic rings. The van der Waals surface area contributed by atoms with Gasteiger partial charge in [-0.25, -0.2) is 9.99 Å². The highest BCUT2D eigenvalue weighted by molar-refractivity contribution is 5.83. The van der Waals surface area contributed by atoms with E-state index in [9.17, 15) is 18.0 Å². The van der Waals surface area contributed by atoms with Crippen molar-refractivity contribution in [1.29, 1.82) is 0 Å². The second-order valence-electron chi connectivity index (χ2n) is 7.46. The first kappa shape index (κ1) is 18.7. The minimum atomic E-state index is -4.61. The number of alkyl halides is 3. The molecule has 0 aliphatic carbocycles. The number of piperazine rings is 1. The summed E-state index contributed by atoms with van der Waals surface area (Å²) in [4.78, 5) is 24.7. The van der Waals surface area contributed by atoms with Crippen molar-refractivity contribution >= 4 is 23.5 Å². The fourth-order valence-corrected chi connectivity index (χ4v) is 4.33. The van der Waals surface area contributed by atoms with Gasteiger partial charge in [0.25, 0.3) is 0 Å². The van der Waals surface area contributed by atoms with Crippen molar-refractivity contribution in [2.45, 2.75) is 24.7 Å². The van der Waals surface area contributed by atoms with Crippen LogP contribution in [0.3, 0.4) is 0 Å². The zero-order chi connectivity index (χ0) is 20.9. The third kappa shape index (κ3) is 3.13. The van der Waals surface area contributed by atoms with Gasteiger partial charge in [-0.05, 0) is 36.8 Å². The summed E-state index contributed by atoms with van der Waals surface area (Å²) in [6, 6.07) is 11.2. The predicted octanol–water partition coefficient (Wildman–Crippen LogP) is 3.02. The van der Waals surface area contributed by atoms with Crippen molar-refractivity contribution in [2.75, 3.05) is 27.9 Å². The van der Waals surface area contributed by atoms with Gasteiger partial charge in [0.05, 0.1) is 23.6 Å². The molecule has 1 aromatic carbocycles. The van der Waals surface area contributed by atoms with Crippen LogP contribution in [0, 0.1) is 0 Å². The summed E-state index contributed by atoms with van der Waals surface area (Å²) in [7, 11) is 0. The number of pyridine rings is 1. The van der Waals surface area contributed by atoms with Gasteiger partial charge >= 0.3 is 6.18 Å². The summed E-state index contributed by atoms with van der Waals surface area (Å²) >= 11 is 0. The van der Waals surface area contributed by atoms with Gasteiger partial charge in [0.15, 0.2) is 0 Å². The number of nitrogens with one attached hydrogen (secondary N) is 1. The Morgan fingerprint density at radius 2 is 1.90 bits per heavy atom.